The second kappa shape index (κ2) is 3.22. The van der Waals surface area contributed by atoms with Crippen molar-refractivity contribution in [3.05, 3.63) is 26.4 Å². The van der Waals surface area contributed by atoms with Crippen molar-refractivity contribution in [2.45, 2.75) is 0 Å². The predicted octanol–water partition coefficient (Wildman–Crippen LogP) is 3.21. The lowest BCUT2D eigenvalue weighted by Crippen LogP contribution is -1.93. The highest BCUT2D eigenvalue weighted by atomic mass is 35.5. The number of aryl methyl sites for hydroxylation is 1. The highest BCUT2D eigenvalue weighted by Gasteiger charge is 2.04. The first-order valence-electron chi connectivity index (χ1n) is 2.73. The van der Waals surface area contributed by atoms with Crippen LogP contribution in [0.3, 0.4) is 0 Å². The standard InChI is InChI=1S/C6H5Cl3Si/c1-10-3-2-4(7)5(8)6(10)9/h2-3H,1H3. The molecular weight excluding hydrogens is 207 g/mol. The van der Waals surface area contributed by atoms with E-state index in [1.807, 2.05) is 11.7 Å². The van der Waals surface area contributed by atoms with Crippen LogP contribution >= 0.6 is 34.8 Å². The Bertz CT molecular complexity index is 232. The zero-order valence-electron chi connectivity index (χ0n) is 5.29. The monoisotopic (exact) mass is 210 g/mol. The first-order valence-corrected chi connectivity index (χ1v) is 5.94. The van der Waals surface area contributed by atoms with E-state index in [0.717, 1.165) is 4.63 Å². The summed E-state index contributed by atoms with van der Waals surface area (Å²) in [5.74, 6) is 0. The summed E-state index contributed by atoms with van der Waals surface area (Å²) >= 11 is 17.3. The van der Waals surface area contributed by atoms with E-state index >= 15 is 0 Å². The van der Waals surface area contributed by atoms with Crippen LogP contribution in [0.5, 0.6) is 0 Å². The van der Waals surface area contributed by atoms with Gasteiger partial charge >= 0.3 is 0 Å². The molecule has 0 saturated heterocycles. The maximum atomic E-state index is 5.85. The Morgan fingerprint density at radius 2 is 1.90 bits per heavy atom. The maximum absolute atomic E-state index is 5.85. The van der Waals surface area contributed by atoms with Crippen LogP contribution in [0.4, 0.5) is 0 Å². The van der Waals surface area contributed by atoms with Crippen LogP contribution in [0, 0.1) is 0 Å². The van der Waals surface area contributed by atoms with E-state index in [2.05, 4.69) is 6.55 Å². The molecule has 1 aromatic heterocycles. The van der Waals surface area contributed by atoms with Gasteiger partial charge in [-0.3, -0.25) is 0 Å². The van der Waals surface area contributed by atoms with Crippen molar-refractivity contribution in [2.75, 3.05) is 0 Å². The Balaban J connectivity index is 3.34. The maximum Gasteiger partial charge on any atom is 0.0730 e. The molecule has 0 radical (unpaired) electrons. The van der Waals surface area contributed by atoms with Crippen molar-refractivity contribution in [3.8, 4) is 0 Å². The molecule has 1 rings (SSSR count). The van der Waals surface area contributed by atoms with Gasteiger partial charge in [0.1, 0.15) is 0 Å². The average molecular weight is 212 g/mol. The van der Waals surface area contributed by atoms with E-state index in [1.54, 1.807) is 0 Å². The third-order valence-corrected chi connectivity index (χ3v) is 4.98. The van der Waals surface area contributed by atoms with Crippen molar-refractivity contribution in [3.63, 3.8) is 0 Å². The molecule has 10 heavy (non-hydrogen) atoms. The van der Waals surface area contributed by atoms with E-state index in [9.17, 15) is 0 Å². The minimum Gasteiger partial charge on any atom is -0.0883 e. The Morgan fingerprint density at radius 3 is 2.40 bits per heavy atom. The summed E-state index contributed by atoms with van der Waals surface area (Å²) in [7, 11) is -0.725. The van der Waals surface area contributed by atoms with Crippen LogP contribution in [0.2, 0.25) is 14.7 Å². The Labute approximate surface area is 76.2 Å². The van der Waals surface area contributed by atoms with Gasteiger partial charge in [-0.15, -0.1) is 0 Å². The lowest BCUT2D eigenvalue weighted by Gasteiger charge is -1.99. The SMILES string of the molecule is C[si]1ccc(Cl)c(Cl)c1Cl. The van der Waals surface area contributed by atoms with E-state index < -0.39 is 8.40 Å². The molecule has 0 nitrogen and oxygen atoms in total. The van der Waals surface area contributed by atoms with Gasteiger partial charge in [0.25, 0.3) is 0 Å². The van der Waals surface area contributed by atoms with Gasteiger partial charge in [-0.25, -0.2) is 0 Å². The normalized spacial score (nSPS) is 10.0. The third kappa shape index (κ3) is 1.53. The molecule has 0 aliphatic heterocycles. The van der Waals surface area contributed by atoms with Crippen LogP contribution in [-0.4, -0.2) is 8.40 Å². The van der Waals surface area contributed by atoms with Crippen LogP contribution < -0.4 is 0 Å². The van der Waals surface area contributed by atoms with Crippen LogP contribution in [0.25, 0.3) is 0 Å². The van der Waals surface area contributed by atoms with Gasteiger partial charge in [0.15, 0.2) is 0 Å². The zero-order chi connectivity index (χ0) is 7.72. The van der Waals surface area contributed by atoms with Crippen molar-refractivity contribution >= 4 is 43.2 Å². The molecule has 0 atom stereocenters. The minimum atomic E-state index is -0.725. The summed E-state index contributed by atoms with van der Waals surface area (Å²) in [4.78, 5) is 0. The summed E-state index contributed by atoms with van der Waals surface area (Å²) in [6.45, 7) is 2.06. The van der Waals surface area contributed by atoms with Crippen molar-refractivity contribution in [1.82, 2.24) is 0 Å². The van der Waals surface area contributed by atoms with Crippen LogP contribution in [0.1, 0.15) is 0 Å². The largest absolute Gasteiger partial charge is 0.0883 e. The molecular formula is C6H5Cl3Si. The predicted molar refractivity (Wildman–Crippen MR) is 48.4 cm³/mol. The Kier molecular flexibility index (Phi) is 2.75. The summed E-state index contributed by atoms with van der Waals surface area (Å²) in [6, 6.07) is 1.81. The van der Waals surface area contributed by atoms with E-state index in [-0.39, 0.29) is 0 Å². The average Bonchev–Trinajstić information content (AvgIpc) is 1.93. The van der Waals surface area contributed by atoms with Crippen LogP contribution in [0.15, 0.2) is 11.7 Å². The molecule has 54 valence electrons. The minimum absolute atomic E-state index is 0.516. The van der Waals surface area contributed by atoms with Crippen molar-refractivity contribution in [2.24, 2.45) is 6.55 Å². The number of hydrogen-bond donors (Lipinski definition) is 0. The molecule has 0 saturated carbocycles. The molecule has 4 heteroatoms. The molecule has 0 fully saturated rings. The molecule has 1 heterocycles. The molecule has 0 N–H and O–H groups in total. The van der Waals surface area contributed by atoms with Crippen molar-refractivity contribution < 1.29 is 0 Å². The summed E-state index contributed by atoms with van der Waals surface area (Å²) in [5.41, 5.74) is 2.02. The highest BCUT2D eigenvalue weighted by molar-refractivity contribution is 6.68. The van der Waals surface area contributed by atoms with E-state index in [1.165, 1.54) is 0 Å². The molecule has 0 aromatic carbocycles. The smallest absolute Gasteiger partial charge is 0.0730 e. The van der Waals surface area contributed by atoms with E-state index in [0.29, 0.717) is 10.0 Å². The Hall–Kier alpha value is 0.437. The van der Waals surface area contributed by atoms with Crippen molar-refractivity contribution in [1.29, 1.82) is 0 Å². The molecule has 0 aliphatic rings. The number of rotatable bonds is 0. The van der Waals surface area contributed by atoms with Gasteiger partial charge in [-0.1, -0.05) is 47.0 Å². The third-order valence-electron chi connectivity index (χ3n) is 1.23. The van der Waals surface area contributed by atoms with Crippen LogP contribution in [-0.2, 0) is 6.55 Å². The fourth-order valence-corrected chi connectivity index (χ4v) is 2.86. The summed E-state index contributed by atoms with van der Waals surface area (Å²) in [5, 5.41) is 1.06. The molecule has 0 aliphatic carbocycles. The molecule has 0 bridgehead atoms. The molecule has 0 unspecified atom stereocenters. The molecule has 0 amide bonds. The first kappa shape index (κ1) is 8.53. The highest BCUT2D eigenvalue weighted by Crippen LogP contribution is 2.27. The van der Waals surface area contributed by atoms with E-state index in [4.69, 9.17) is 34.8 Å². The van der Waals surface area contributed by atoms with Gasteiger partial charge < -0.3 is 0 Å². The fourth-order valence-electron chi connectivity index (χ4n) is 0.622. The van der Waals surface area contributed by atoms with Gasteiger partial charge in [0.05, 0.1) is 18.4 Å². The van der Waals surface area contributed by atoms with Gasteiger partial charge in [0, 0.05) is 4.63 Å². The van der Waals surface area contributed by atoms with Gasteiger partial charge in [-0.2, -0.15) is 0 Å². The first-order chi connectivity index (χ1) is 4.63. The molecule has 0 spiro atoms. The molecule has 1 aromatic rings. The summed E-state index contributed by atoms with van der Waals surface area (Å²) < 4.78 is 0.721. The van der Waals surface area contributed by atoms with Gasteiger partial charge in [-0.05, 0) is 6.07 Å². The second-order valence-corrected chi connectivity index (χ2v) is 5.67. The lowest BCUT2D eigenvalue weighted by molar-refractivity contribution is 1.79. The zero-order valence-corrected chi connectivity index (χ0v) is 8.56. The van der Waals surface area contributed by atoms with Gasteiger partial charge in [0.2, 0.25) is 0 Å². The lowest BCUT2D eigenvalue weighted by atomic mass is 10.6. The quantitative estimate of drug-likeness (QED) is 0.578. The summed E-state index contributed by atoms with van der Waals surface area (Å²) in [6.07, 6.45) is 0. The number of halogens is 3. The number of hydrogen-bond acceptors (Lipinski definition) is 0. The Morgan fingerprint density at radius 1 is 1.30 bits per heavy atom. The fraction of sp³-hybridized carbons (Fsp3) is 0.167. The second-order valence-electron chi connectivity index (χ2n) is 1.99. The topological polar surface area (TPSA) is 0 Å².